The van der Waals surface area contributed by atoms with Crippen LogP contribution in [-0.2, 0) is 16.0 Å². The number of aromatic amines is 1. The Labute approximate surface area is 183 Å². The fourth-order valence-electron chi connectivity index (χ4n) is 3.34. The van der Waals surface area contributed by atoms with Gasteiger partial charge in [0.2, 0.25) is 17.8 Å². The number of methoxy groups -OCH3 is 1. The first kappa shape index (κ1) is 21.0. The van der Waals surface area contributed by atoms with E-state index in [2.05, 4.69) is 31.1 Å². The molecule has 0 fully saturated rings. The molecule has 3 amide bonds. The van der Waals surface area contributed by atoms with Gasteiger partial charge in [-0.1, -0.05) is 24.3 Å². The summed E-state index contributed by atoms with van der Waals surface area (Å²) in [5.74, 6) is 0.432. The van der Waals surface area contributed by atoms with Crippen LogP contribution in [0.25, 0.3) is 0 Å². The summed E-state index contributed by atoms with van der Waals surface area (Å²) in [6, 6.07) is 13.5. The van der Waals surface area contributed by atoms with Crippen molar-refractivity contribution in [2.24, 2.45) is 0 Å². The number of hydrogen-bond acceptors (Lipinski definition) is 6. The number of carbonyl (C=O) groups is 3. The van der Waals surface area contributed by atoms with Crippen molar-refractivity contribution in [1.29, 1.82) is 0 Å². The van der Waals surface area contributed by atoms with Crippen LogP contribution >= 0.6 is 0 Å². The number of amides is 3. The summed E-state index contributed by atoms with van der Waals surface area (Å²) in [5, 5.41) is 14.8. The van der Waals surface area contributed by atoms with Crippen molar-refractivity contribution in [2.45, 2.75) is 25.3 Å². The number of fused-ring (bicyclic) bond motifs is 1. The Bertz CT molecular complexity index is 1140. The van der Waals surface area contributed by atoms with Crippen LogP contribution < -0.4 is 20.7 Å². The van der Waals surface area contributed by atoms with Crippen molar-refractivity contribution in [2.75, 3.05) is 17.7 Å². The molecule has 0 radical (unpaired) electrons. The van der Waals surface area contributed by atoms with Gasteiger partial charge in [0, 0.05) is 12.8 Å². The van der Waals surface area contributed by atoms with E-state index in [0.29, 0.717) is 23.5 Å². The molecule has 1 aliphatic heterocycles. The second kappa shape index (κ2) is 9.29. The first-order valence-electron chi connectivity index (χ1n) is 10.1. The number of nitrogens with zero attached hydrogens (tertiary/aromatic N) is 2. The second-order valence-electron chi connectivity index (χ2n) is 7.28. The monoisotopic (exact) mass is 434 g/mol. The van der Waals surface area contributed by atoms with Gasteiger partial charge in [-0.3, -0.25) is 24.8 Å². The Morgan fingerprint density at radius 3 is 2.69 bits per heavy atom. The topological polar surface area (TPSA) is 138 Å². The van der Waals surface area contributed by atoms with Crippen LogP contribution in [0.2, 0.25) is 0 Å². The van der Waals surface area contributed by atoms with Crippen molar-refractivity contribution in [1.82, 2.24) is 20.5 Å². The average Bonchev–Trinajstić information content (AvgIpc) is 3.18. The predicted molar refractivity (Wildman–Crippen MR) is 116 cm³/mol. The molecule has 10 nitrogen and oxygen atoms in total. The largest absolute Gasteiger partial charge is 0.497 e. The van der Waals surface area contributed by atoms with Gasteiger partial charge in [0.05, 0.1) is 18.4 Å². The zero-order valence-corrected chi connectivity index (χ0v) is 17.3. The van der Waals surface area contributed by atoms with Crippen LogP contribution in [0.3, 0.4) is 0 Å². The predicted octanol–water partition coefficient (Wildman–Crippen LogP) is 1.87. The highest BCUT2D eigenvalue weighted by Crippen LogP contribution is 2.19. The lowest BCUT2D eigenvalue weighted by molar-refractivity contribution is -0.118. The van der Waals surface area contributed by atoms with E-state index >= 15 is 0 Å². The minimum atomic E-state index is -0.821. The standard InChI is InChI=1S/C22H22N6O4/c1-32-14-8-6-13(7-9-14)12-18-25-22(28-27-18)26-19(29)11-10-17-21(31)23-16-5-3-2-4-15(16)20(30)24-17/h2-9,17H,10-12H2,1H3,(H,23,31)(H,24,30)(H2,25,26,27,28,29)/t17-/m0/s1. The highest BCUT2D eigenvalue weighted by atomic mass is 16.5. The van der Waals surface area contributed by atoms with E-state index in [-0.39, 0.29) is 36.5 Å². The summed E-state index contributed by atoms with van der Waals surface area (Å²) in [6.07, 6.45) is 0.666. The maximum atomic E-state index is 12.4. The molecule has 10 heteroatoms. The van der Waals surface area contributed by atoms with Crippen molar-refractivity contribution < 1.29 is 19.1 Å². The number of hydrogen-bond donors (Lipinski definition) is 4. The van der Waals surface area contributed by atoms with E-state index in [1.54, 1.807) is 31.4 Å². The summed E-state index contributed by atoms with van der Waals surface area (Å²) in [7, 11) is 1.61. The SMILES string of the molecule is COc1ccc(Cc2nc(NC(=O)CC[C@@H]3NC(=O)c4ccccc4NC3=O)n[nH]2)cc1. The van der Waals surface area contributed by atoms with Gasteiger partial charge in [-0.2, -0.15) is 4.98 Å². The minimum Gasteiger partial charge on any atom is -0.497 e. The van der Waals surface area contributed by atoms with Gasteiger partial charge in [-0.25, -0.2) is 0 Å². The maximum Gasteiger partial charge on any atom is 0.254 e. The Hall–Kier alpha value is -4.21. The summed E-state index contributed by atoms with van der Waals surface area (Å²) in [4.78, 5) is 41.4. The second-order valence-corrected chi connectivity index (χ2v) is 7.28. The molecule has 1 atom stereocenters. The first-order valence-corrected chi connectivity index (χ1v) is 10.1. The van der Waals surface area contributed by atoms with E-state index in [9.17, 15) is 14.4 Å². The van der Waals surface area contributed by atoms with Gasteiger partial charge < -0.3 is 15.4 Å². The van der Waals surface area contributed by atoms with Crippen molar-refractivity contribution in [3.05, 3.63) is 65.5 Å². The van der Waals surface area contributed by atoms with Gasteiger partial charge in [-0.15, -0.1) is 5.10 Å². The molecular weight excluding hydrogens is 412 g/mol. The highest BCUT2D eigenvalue weighted by molar-refractivity contribution is 6.09. The fraction of sp³-hybridized carbons (Fsp3) is 0.227. The van der Waals surface area contributed by atoms with Crippen molar-refractivity contribution >= 4 is 29.4 Å². The number of anilines is 2. The summed E-state index contributed by atoms with van der Waals surface area (Å²) in [6.45, 7) is 0. The zero-order chi connectivity index (χ0) is 22.5. The summed E-state index contributed by atoms with van der Waals surface area (Å²) >= 11 is 0. The molecule has 2 aromatic carbocycles. The van der Waals surface area contributed by atoms with Crippen molar-refractivity contribution in [3.63, 3.8) is 0 Å². The normalized spacial score (nSPS) is 15.2. The van der Waals surface area contributed by atoms with Crippen LogP contribution in [0.15, 0.2) is 48.5 Å². The molecule has 4 rings (SSSR count). The van der Waals surface area contributed by atoms with Crippen LogP contribution in [-0.4, -0.2) is 46.1 Å². The third-order valence-electron chi connectivity index (χ3n) is 5.03. The van der Waals surface area contributed by atoms with E-state index < -0.39 is 6.04 Å². The number of carbonyl (C=O) groups excluding carboxylic acids is 3. The first-order chi connectivity index (χ1) is 15.5. The smallest absolute Gasteiger partial charge is 0.254 e. The number of aromatic nitrogens is 3. The van der Waals surface area contributed by atoms with Gasteiger partial charge in [0.25, 0.3) is 5.91 Å². The molecule has 1 aliphatic rings. The molecular formula is C22H22N6O4. The molecule has 4 N–H and O–H groups in total. The van der Waals surface area contributed by atoms with Crippen molar-refractivity contribution in [3.8, 4) is 5.75 Å². The number of rotatable bonds is 7. The van der Waals surface area contributed by atoms with E-state index in [4.69, 9.17) is 4.74 Å². The Kier molecular flexibility index (Phi) is 6.11. The Morgan fingerprint density at radius 2 is 1.91 bits per heavy atom. The molecule has 0 bridgehead atoms. The highest BCUT2D eigenvalue weighted by Gasteiger charge is 2.28. The van der Waals surface area contributed by atoms with Crippen LogP contribution in [0.5, 0.6) is 5.75 Å². The average molecular weight is 434 g/mol. The van der Waals surface area contributed by atoms with E-state index in [1.165, 1.54) is 0 Å². The number of nitrogens with one attached hydrogen (secondary N) is 4. The van der Waals surface area contributed by atoms with E-state index in [1.807, 2.05) is 24.3 Å². The molecule has 3 aromatic rings. The van der Waals surface area contributed by atoms with Gasteiger partial charge in [0.1, 0.15) is 17.6 Å². The molecule has 0 spiro atoms. The van der Waals surface area contributed by atoms with Gasteiger partial charge in [0.15, 0.2) is 0 Å². The number of para-hydroxylation sites is 1. The third-order valence-corrected chi connectivity index (χ3v) is 5.03. The lowest BCUT2D eigenvalue weighted by Crippen LogP contribution is -2.41. The molecule has 32 heavy (non-hydrogen) atoms. The lowest BCUT2D eigenvalue weighted by Gasteiger charge is -2.13. The lowest BCUT2D eigenvalue weighted by atomic mass is 10.1. The van der Waals surface area contributed by atoms with Crippen LogP contribution in [0.1, 0.15) is 34.6 Å². The van der Waals surface area contributed by atoms with Crippen LogP contribution in [0, 0.1) is 0 Å². The Morgan fingerprint density at radius 1 is 1.12 bits per heavy atom. The summed E-state index contributed by atoms with van der Waals surface area (Å²) < 4.78 is 5.14. The zero-order valence-electron chi connectivity index (χ0n) is 17.3. The molecule has 0 aliphatic carbocycles. The number of benzene rings is 2. The quantitative estimate of drug-likeness (QED) is 0.448. The molecule has 0 unspecified atom stereocenters. The molecule has 1 aromatic heterocycles. The third kappa shape index (κ3) is 4.91. The number of H-pyrrole nitrogens is 1. The molecule has 164 valence electrons. The molecule has 0 saturated heterocycles. The summed E-state index contributed by atoms with van der Waals surface area (Å²) in [5.41, 5.74) is 1.85. The maximum absolute atomic E-state index is 12.4. The van der Waals surface area contributed by atoms with Gasteiger partial charge in [-0.05, 0) is 36.2 Å². The number of ether oxygens (including phenoxy) is 1. The molecule has 2 heterocycles. The minimum absolute atomic E-state index is 0.0110. The van der Waals surface area contributed by atoms with Crippen LogP contribution in [0.4, 0.5) is 11.6 Å². The fourth-order valence-corrected chi connectivity index (χ4v) is 3.34. The van der Waals surface area contributed by atoms with Gasteiger partial charge >= 0.3 is 0 Å². The molecule has 0 saturated carbocycles. The Balaban J connectivity index is 1.30. The van der Waals surface area contributed by atoms with E-state index in [0.717, 1.165) is 11.3 Å².